The highest BCUT2D eigenvalue weighted by Crippen LogP contribution is 2.18. The molecule has 0 saturated carbocycles. The molecule has 4 heteroatoms. The van der Waals surface area contributed by atoms with Crippen LogP contribution in [-0.4, -0.2) is 23.5 Å². The first-order valence-electron chi connectivity index (χ1n) is 7.09. The highest BCUT2D eigenvalue weighted by atomic mass is 16.4. The minimum absolute atomic E-state index is 0.0938. The Morgan fingerprint density at radius 3 is 2.45 bits per heavy atom. The van der Waals surface area contributed by atoms with Gasteiger partial charge in [-0.25, -0.2) is 0 Å². The van der Waals surface area contributed by atoms with Crippen molar-refractivity contribution in [2.24, 2.45) is 5.92 Å². The van der Waals surface area contributed by atoms with Crippen LogP contribution in [0.15, 0.2) is 30.3 Å². The lowest BCUT2D eigenvalue weighted by Gasteiger charge is -2.15. The second-order valence-electron chi connectivity index (χ2n) is 5.14. The second kappa shape index (κ2) is 8.35. The Morgan fingerprint density at radius 2 is 1.90 bits per heavy atom. The highest BCUT2D eigenvalue weighted by Gasteiger charge is 2.18. The van der Waals surface area contributed by atoms with Crippen molar-refractivity contribution >= 4 is 11.9 Å². The summed E-state index contributed by atoms with van der Waals surface area (Å²) in [4.78, 5) is 22.8. The van der Waals surface area contributed by atoms with Gasteiger partial charge in [-0.1, -0.05) is 50.6 Å². The van der Waals surface area contributed by atoms with Gasteiger partial charge in [-0.2, -0.15) is 0 Å². The molecule has 0 bridgehead atoms. The molecule has 1 aromatic carbocycles. The SMILES string of the molecule is CCCC(CNC(=O)CC(C)c1ccccc1)C(=O)O. The van der Waals surface area contributed by atoms with Crippen molar-refractivity contribution in [1.29, 1.82) is 0 Å². The Morgan fingerprint density at radius 1 is 1.25 bits per heavy atom. The van der Waals surface area contributed by atoms with Gasteiger partial charge in [0, 0.05) is 13.0 Å². The van der Waals surface area contributed by atoms with Gasteiger partial charge in [-0.05, 0) is 17.9 Å². The zero-order chi connectivity index (χ0) is 15.0. The highest BCUT2D eigenvalue weighted by molar-refractivity contribution is 5.78. The molecule has 4 nitrogen and oxygen atoms in total. The van der Waals surface area contributed by atoms with Crippen LogP contribution in [0, 0.1) is 5.92 Å². The van der Waals surface area contributed by atoms with Crippen LogP contribution in [0.5, 0.6) is 0 Å². The number of carbonyl (C=O) groups is 2. The standard InChI is InChI=1S/C16H23NO3/c1-3-7-14(16(19)20)11-17-15(18)10-12(2)13-8-5-4-6-9-13/h4-6,8-9,12,14H,3,7,10-11H2,1-2H3,(H,17,18)(H,19,20). The van der Waals surface area contributed by atoms with E-state index in [0.717, 1.165) is 12.0 Å². The molecule has 0 heterocycles. The van der Waals surface area contributed by atoms with Crippen LogP contribution in [0.2, 0.25) is 0 Å². The number of carboxylic acid groups (broad SMARTS) is 1. The molecule has 2 atom stereocenters. The Kier molecular flexibility index (Phi) is 6.77. The first kappa shape index (κ1) is 16.2. The van der Waals surface area contributed by atoms with Crippen LogP contribution in [0.1, 0.15) is 44.6 Å². The molecule has 0 saturated heterocycles. The minimum atomic E-state index is -0.844. The number of nitrogens with one attached hydrogen (secondary N) is 1. The zero-order valence-corrected chi connectivity index (χ0v) is 12.1. The Labute approximate surface area is 120 Å². The molecular formula is C16H23NO3. The van der Waals surface area contributed by atoms with E-state index in [1.807, 2.05) is 44.2 Å². The smallest absolute Gasteiger partial charge is 0.308 e. The van der Waals surface area contributed by atoms with Gasteiger partial charge in [0.05, 0.1) is 5.92 Å². The van der Waals surface area contributed by atoms with Crippen molar-refractivity contribution in [3.63, 3.8) is 0 Å². The molecule has 110 valence electrons. The lowest BCUT2D eigenvalue weighted by Crippen LogP contribution is -2.33. The number of benzene rings is 1. The van der Waals surface area contributed by atoms with Crippen molar-refractivity contribution in [3.05, 3.63) is 35.9 Å². The fourth-order valence-corrected chi connectivity index (χ4v) is 2.15. The van der Waals surface area contributed by atoms with Gasteiger partial charge in [-0.15, -0.1) is 0 Å². The van der Waals surface area contributed by atoms with E-state index in [1.54, 1.807) is 0 Å². The minimum Gasteiger partial charge on any atom is -0.481 e. The van der Waals surface area contributed by atoms with Gasteiger partial charge in [0.25, 0.3) is 0 Å². The van der Waals surface area contributed by atoms with E-state index in [9.17, 15) is 9.59 Å². The summed E-state index contributed by atoms with van der Waals surface area (Å²) in [6.07, 6.45) is 1.76. The molecule has 0 spiro atoms. The van der Waals surface area contributed by atoms with Crippen LogP contribution in [0.4, 0.5) is 0 Å². The van der Waals surface area contributed by atoms with E-state index in [1.165, 1.54) is 0 Å². The van der Waals surface area contributed by atoms with Gasteiger partial charge in [-0.3, -0.25) is 9.59 Å². The molecule has 2 unspecified atom stereocenters. The lowest BCUT2D eigenvalue weighted by atomic mass is 9.97. The Balaban J connectivity index is 2.41. The van der Waals surface area contributed by atoms with Crippen LogP contribution in [-0.2, 0) is 9.59 Å². The number of aliphatic carboxylic acids is 1. The average molecular weight is 277 g/mol. The summed E-state index contributed by atoms with van der Waals surface area (Å²) < 4.78 is 0. The van der Waals surface area contributed by atoms with Gasteiger partial charge in [0.15, 0.2) is 0 Å². The predicted octanol–water partition coefficient (Wildman–Crippen LogP) is 2.80. The summed E-state index contributed by atoms with van der Waals surface area (Å²) in [5.74, 6) is -1.30. The molecule has 0 fully saturated rings. The summed E-state index contributed by atoms with van der Waals surface area (Å²) in [7, 11) is 0. The first-order chi connectivity index (χ1) is 9.54. The summed E-state index contributed by atoms with van der Waals surface area (Å²) in [6.45, 7) is 4.15. The van der Waals surface area contributed by atoms with Gasteiger partial charge < -0.3 is 10.4 Å². The summed E-state index contributed by atoms with van der Waals surface area (Å²) >= 11 is 0. The number of hydrogen-bond acceptors (Lipinski definition) is 2. The van der Waals surface area contributed by atoms with E-state index in [2.05, 4.69) is 5.32 Å². The van der Waals surface area contributed by atoms with Crippen LogP contribution >= 0.6 is 0 Å². The zero-order valence-electron chi connectivity index (χ0n) is 12.1. The maximum Gasteiger partial charge on any atom is 0.308 e. The Hall–Kier alpha value is -1.84. The molecule has 0 aliphatic rings. The molecule has 1 rings (SSSR count). The van der Waals surface area contributed by atoms with Crippen molar-refractivity contribution in [2.45, 2.75) is 39.0 Å². The molecule has 0 aliphatic carbocycles. The number of rotatable bonds is 8. The second-order valence-corrected chi connectivity index (χ2v) is 5.14. The van der Waals surface area contributed by atoms with Crippen molar-refractivity contribution < 1.29 is 14.7 Å². The monoisotopic (exact) mass is 277 g/mol. The molecule has 0 radical (unpaired) electrons. The van der Waals surface area contributed by atoms with Crippen molar-refractivity contribution in [1.82, 2.24) is 5.32 Å². The number of carbonyl (C=O) groups excluding carboxylic acids is 1. The predicted molar refractivity (Wildman–Crippen MR) is 78.5 cm³/mol. The van der Waals surface area contributed by atoms with Gasteiger partial charge in [0.1, 0.15) is 0 Å². The molecule has 0 aliphatic heterocycles. The molecule has 0 aromatic heterocycles. The maximum atomic E-state index is 11.9. The first-order valence-corrected chi connectivity index (χ1v) is 7.09. The van der Waals surface area contributed by atoms with Gasteiger partial charge >= 0.3 is 5.97 Å². The molecule has 1 aromatic rings. The van der Waals surface area contributed by atoms with E-state index in [-0.39, 0.29) is 18.4 Å². The fourth-order valence-electron chi connectivity index (χ4n) is 2.15. The van der Waals surface area contributed by atoms with Crippen molar-refractivity contribution in [2.75, 3.05) is 6.54 Å². The van der Waals surface area contributed by atoms with Crippen LogP contribution in [0.25, 0.3) is 0 Å². The number of carboxylic acids is 1. The summed E-state index contributed by atoms with van der Waals surface area (Å²) in [5.41, 5.74) is 1.12. The number of amides is 1. The molecule has 2 N–H and O–H groups in total. The maximum absolute atomic E-state index is 11.9. The third-order valence-electron chi connectivity index (χ3n) is 3.39. The molecular weight excluding hydrogens is 254 g/mol. The van der Waals surface area contributed by atoms with Crippen molar-refractivity contribution in [3.8, 4) is 0 Å². The average Bonchev–Trinajstić information content (AvgIpc) is 2.44. The fraction of sp³-hybridized carbons (Fsp3) is 0.500. The van der Waals surface area contributed by atoms with E-state index in [0.29, 0.717) is 12.8 Å². The summed E-state index contributed by atoms with van der Waals surface area (Å²) in [5, 5.41) is 11.8. The quantitative estimate of drug-likeness (QED) is 0.768. The summed E-state index contributed by atoms with van der Waals surface area (Å²) in [6, 6.07) is 9.83. The van der Waals surface area contributed by atoms with E-state index < -0.39 is 11.9 Å². The van der Waals surface area contributed by atoms with E-state index >= 15 is 0 Å². The molecule has 20 heavy (non-hydrogen) atoms. The van der Waals surface area contributed by atoms with Crippen LogP contribution < -0.4 is 5.32 Å². The topological polar surface area (TPSA) is 66.4 Å². The van der Waals surface area contributed by atoms with Crippen LogP contribution in [0.3, 0.4) is 0 Å². The largest absolute Gasteiger partial charge is 0.481 e. The third kappa shape index (κ3) is 5.43. The third-order valence-corrected chi connectivity index (χ3v) is 3.39. The lowest BCUT2D eigenvalue weighted by molar-refractivity contribution is -0.141. The Bertz CT molecular complexity index is 431. The normalized spacial score (nSPS) is 13.5. The van der Waals surface area contributed by atoms with Gasteiger partial charge in [0.2, 0.25) is 5.91 Å². The molecule has 1 amide bonds. The number of hydrogen-bond donors (Lipinski definition) is 2. The van der Waals surface area contributed by atoms with E-state index in [4.69, 9.17) is 5.11 Å².